The third-order valence-corrected chi connectivity index (χ3v) is 13.3. The molecule has 66 heavy (non-hydrogen) atoms. The first-order valence-electron chi connectivity index (χ1n) is 23.0. The van der Waals surface area contributed by atoms with E-state index in [0.717, 1.165) is 58.1 Å². The second-order valence-corrected chi connectivity index (χ2v) is 18.2. The summed E-state index contributed by atoms with van der Waals surface area (Å²) >= 11 is 0. The quantitative estimate of drug-likeness (QED) is 0.0786. The topological polar surface area (TPSA) is 226 Å². The Morgan fingerprint density at radius 3 is 1.89 bits per heavy atom. The van der Waals surface area contributed by atoms with Gasteiger partial charge in [0.1, 0.15) is 29.1 Å². The largest absolute Gasteiger partial charge is 0.398 e. The van der Waals surface area contributed by atoms with Crippen molar-refractivity contribution in [2.24, 2.45) is 13.0 Å². The fourth-order valence-corrected chi connectivity index (χ4v) is 9.60. The molecular formula is C54H66N12. The average Bonchev–Trinajstić information content (AvgIpc) is 4.17. The van der Waals surface area contributed by atoms with Gasteiger partial charge in [-0.05, 0) is 151 Å². The van der Waals surface area contributed by atoms with E-state index in [9.17, 15) is 0 Å². The Balaban J connectivity index is 0.000000118. The van der Waals surface area contributed by atoms with E-state index in [4.69, 9.17) is 34.4 Å². The van der Waals surface area contributed by atoms with Gasteiger partial charge >= 0.3 is 0 Å². The van der Waals surface area contributed by atoms with Crippen LogP contribution in [0.15, 0.2) is 103 Å². The lowest BCUT2D eigenvalue weighted by molar-refractivity contribution is 0.628. The Hall–Kier alpha value is -7.21. The van der Waals surface area contributed by atoms with Crippen molar-refractivity contribution in [3.63, 3.8) is 0 Å². The van der Waals surface area contributed by atoms with Crippen LogP contribution >= 0.6 is 0 Å². The van der Waals surface area contributed by atoms with Gasteiger partial charge in [-0.25, -0.2) is 24.9 Å². The van der Waals surface area contributed by atoms with Crippen molar-refractivity contribution in [1.82, 2.24) is 29.5 Å². The lowest BCUT2D eigenvalue weighted by Crippen LogP contribution is -1.98. The maximum atomic E-state index is 5.83. The van der Waals surface area contributed by atoms with Crippen LogP contribution in [0.3, 0.4) is 0 Å². The smallest absolute Gasteiger partial charge is 0.132 e. The second-order valence-electron chi connectivity index (χ2n) is 18.2. The lowest BCUT2D eigenvalue weighted by Gasteiger charge is -2.05. The highest BCUT2D eigenvalue weighted by molar-refractivity contribution is 5.88. The van der Waals surface area contributed by atoms with Gasteiger partial charge in [0.2, 0.25) is 0 Å². The SMILES string of the molecule is CC1=Cc2c(ccnc2N)C1.CC1C=Cc2c1ccnc2N.CC1CCc2c1ccnc2N.CC1CCc2ccnc(N)c21.CC1Cc2cccc(N)c2C1.Cn1ccc2c(N)nccc21. The number of aromatic nitrogens is 6. The molecule has 5 aliphatic rings. The number of benzene rings is 1. The molecule has 12 rings (SSSR count). The first kappa shape index (κ1) is 46.8. The zero-order valence-electron chi connectivity index (χ0n) is 39.3. The van der Waals surface area contributed by atoms with E-state index in [-0.39, 0.29) is 0 Å². The molecule has 12 nitrogen and oxygen atoms in total. The van der Waals surface area contributed by atoms with Crippen molar-refractivity contribution in [2.45, 2.75) is 97.3 Å². The van der Waals surface area contributed by atoms with Crippen molar-refractivity contribution < 1.29 is 0 Å². The molecule has 6 aromatic heterocycles. The molecule has 342 valence electrons. The third-order valence-electron chi connectivity index (χ3n) is 13.3. The van der Waals surface area contributed by atoms with E-state index in [1.807, 2.05) is 60.3 Å². The molecule has 6 heterocycles. The van der Waals surface area contributed by atoms with Crippen molar-refractivity contribution >= 4 is 57.8 Å². The summed E-state index contributed by atoms with van der Waals surface area (Å²) in [6, 6.07) is 18.4. The van der Waals surface area contributed by atoms with Crippen molar-refractivity contribution in [3.8, 4) is 0 Å². The predicted molar refractivity (Wildman–Crippen MR) is 275 cm³/mol. The third kappa shape index (κ3) is 10.7. The van der Waals surface area contributed by atoms with Crippen LogP contribution in [0.1, 0.15) is 121 Å². The minimum atomic E-state index is 0.496. The zero-order chi connectivity index (χ0) is 47.1. The van der Waals surface area contributed by atoms with Gasteiger partial charge in [-0.2, -0.15) is 0 Å². The molecule has 12 heteroatoms. The van der Waals surface area contributed by atoms with E-state index in [1.54, 1.807) is 31.0 Å². The van der Waals surface area contributed by atoms with Crippen LogP contribution in [0.2, 0.25) is 0 Å². The molecule has 0 saturated heterocycles. The van der Waals surface area contributed by atoms with Crippen LogP contribution in [0, 0.1) is 5.92 Å². The molecule has 4 atom stereocenters. The van der Waals surface area contributed by atoms with Crippen LogP contribution in [0.4, 0.5) is 34.8 Å². The van der Waals surface area contributed by atoms with Crippen LogP contribution in [-0.2, 0) is 39.2 Å². The summed E-state index contributed by atoms with van der Waals surface area (Å²) in [4.78, 5) is 20.2. The Labute approximate surface area is 389 Å². The number of rotatable bonds is 0. The molecule has 0 spiro atoms. The molecule has 0 fully saturated rings. The number of nitrogens with two attached hydrogens (primary N) is 6. The molecule has 0 bridgehead atoms. The zero-order valence-corrected chi connectivity index (χ0v) is 39.3. The lowest BCUT2D eigenvalue weighted by atomic mass is 10.0. The number of allylic oxidation sites excluding steroid dienone is 2. The highest BCUT2D eigenvalue weighted by atomic mass is 14.9. The Morgan fingerprint density at radius 1 is 0.576 bits per heavy atom. The number of aryl methyl sites for hydroxylation is 2. The highest BCUT2D eigenvalue weighted by Gasteiger charge is 2.22. The second kappa shape index (κ2) is 20.7. The van der Waals surface area contributed by atoms with Gasteiger partial charge in [-0.1, -0.05) is 63.6 Å². The Morgan fingerprint density at radius 2 is 1.21 bits per heavy atom. The highest BCUT2D eigenvalue weighted by Crippen LogP contribution is 2.36. The van der Waals surface area contributed by atoms with E-state index >= 15 is 0 Å². The molecule has 4 unspecified atom stereocenters. The van der Waals surface area contributed by atoms with E-state index < -0.39 is 0 Å². The number of hydrogen-bond donors (Lipinski definition) is 6. The van der Waals surface area contributed by atoms with Crippen LogP contribution in [-0.4, -0.2) is 29.5 Å². The monoisotopic (exact) mass is 883 g/mol. The van der Waals surface area contributed by atoms with Gasteiger partial charge in [-0.15, -0.1) is 0 Å². The van der Waals surface area contributed by atoms with Crippen molar-refractivity contribution in [2.75, 3.05) is 34.4 Å². The van der Waals surface area contributed by atoms with Gasteiger partial charge < -0.3 is 39.0 Å². The van der Waals surface area contributed by atoms with Gasteiger partial charge in [0.15, 0.2) is 0 Å². The van der Waals surface area contributed by atoms with E-state index in [1.165, 1.54) is 82.2 Å². The molecule has 0 amide bonds. The summed E-state index contributed by atoms with van der Waals surface area (Å²) in [5.41, 5.74) is 50.8. The Kier molecular flexibility index (Phi) is 14.7. The van der Waals surface area contributed by atoms with Crippen molar-refractivity contribution in [3.05, 3.63) is 159 Å². The number of anilines is 6. The summed E-state index contributed by atoms with van der Waals surface area (Å²) in [6.45, 7) is 11.0. The summed E-state index contributed by atoms with van der Waals surface area (Å²) in [7, 11) is 1.99. The van der Waals surface area contributed by atoms with Gasteiger partial charge in [0, 0.05) is 77.9 Å². The molecule has 5 aliphatic carbocycles. The fraction of sp³-hybridized carbons (Fsp3) is 0.315. The molecule has 7 aromatic rings. The maximum Gasteiger partial charge on any atom is 0.132 e. The first-order valence-corrected chi connectivity index (χ1v) is 23.0. The van der Waals surface area contributed by atoms with Gasteiger partial charge in [-0.3, -0.25) is 0 Å². The minimum absolute atomic E-state index is 0.496. The van der Waals surface area contributed by atoms with Gasteiger partial charge in [0.25, 0.3) is 0 Å². The summed E-state index contributed by atoms with van der Waals surface area (Å²) in [5, 5.41) is 1.02. The molecule has 12 N–H and O–H groups in total. The van der Waals surface area contributed by atoms with Crippen LogP contribution < -0.4 is 34.4 Å². The molecular weight excluding hydrogens is 817 g/mol. The van der Waals surface area contributed by atoms with Crippen molar-refractivity contribution in [1.29, 1.82) is 0 Å². The number of nitrogens with zero attached hydrogens (tertiary/aromatic N) is 6. The molecule has 0 aliphatic heterocycles. The van der Waals surface area contributed by atoms with Crippen LogP contribution in [0.25, 0.3) is 23.1 Å². The fourth-order valence-electron chi connectivity index (χ4n) is 9.60. The predicted octanol–water partition coefficient (Wildman–Crippen LogP) is 10.0. The number of pyridine rings is 5. The maximum absolute atomic E-state index is 5.83. The summed E-state index contributed by atoms with van der Waals surface area (Å²) in [6.07, 6.45) is 25.3. The first-order chi connectivity index (χ1) is 31.7. The normalized spacial score (nSPS) is 18.4. The van der Waals surface area contributed by atoms with Gasteiger partial charge in [0.05, 0.1) is 5.52 Å². The standard InChI is InChI=1S/C10H13N.C9H10N2.C9H12N2.C9H10N2.C9H12N2.C8H9N3/c1-7-5-8-3-2-4-10(11)9(8)6-7;1-6-4-7-2-3-11-9(10)8(7)5-6;2*1-6-2-3-8-7(6)4-5-11-9(8)10;1-6-2-3-7-4-5-11-9(10)8(6)7;1-11-5-3-6-7(11)2-4-10-8(6)9/h2-4,7H,5-6,11H2,1H3;2-3,5H,4H2,1H3,(H2,10,11);4-6H,2-3H2,1H3,(H2,10,11);2-6H,1H3,(H2,10,11);4-6H,2-3H2,1H3,(H2,10,11);2-5H,1H3,(H2,9,10). The Bertz CT molecular complexity index is 2860. The van der Waals surface area contributed by atoms with E-state index in [0.29, 0.717) is 35.2 Å². The van der Waals surface area contributed by atoms with E-state index in [2.05, 4.69) is 89.9 Å². The summed E-state index contributed by atoms with van der Waals surface area (Å²) < 4.78 is 2.02. The average molecular weight is 883 g/mol. The summed E-state index contributed by atoms with van der Waals surface area (Å²) in [5.74, 6) is 5.92. The molecule has 0 saturated carbocycles. The number of hydrogen-bond acceptors (Lipinski definition) is 11. The number of fused-ring (bicyclic) bond motifs is 6. The number of nitrogen functional groups attached to an aromatic ring is 6. The molecule has 1 aromatic carbocycles. The molecule has 0 radical (unpaired) electrons. The minimum Gasteiger partial charge on any atom is -0.398 e. The van der Waals surface area contributed by atoms with Crippen LogP contribution in [0.5, 0.6) is 0 Å².